The van der Waals surface area contributed by atoms with Gasteiger partial charge in [0.2, 0.25) is 5.91 Å². The van der Waals surface area contributed by atoms with Gasteiger partial charge in [-0.15, -0.1) is 0 Å². The molecule has 7 heteroatoms. The van der Waals surface area contributed by atoms with E-state index in [1.165, 1.54) is 12.0 Å². The van der Waals surface area contributed by atoms with Crippen molar-refractivity contribution < 1.29 is 24.2 Å². The molecule has 7 nitrogen and oxygen atoms in total. The Morgan fingerprint density at radius 2 is 1.95 bits per heavy atom. The highest BCUT2D eigenvalue weighted by Gasteiger charge is 2.52. The van der Waals surface area contributed by atoms with Crippen molar-refractivity contribution in [3.8, 4) is 0 Å². The number of alkyl carbamates (subject to hydrolysis) is 1. The lowest BCUT2D eigenvalue weighted by Gasteiger charge is -2.36. The van der Waals surface area contributed by atoms with Crippen molar-refractivity contribution in [3.05, 3.63) is 0 Å². The van der Waals surface area contributed by atoms with Crippen LogP contribution < -0.4 is 5.32 Å². The minimum absolute atomic E-state index is 0.0238. The number of carbonyl (C=O) groups is 3. The topological polar surface area (TPSA) is 95.9 Å². The van der Waals surface area contributed by atoms with Crippen LogP contribution in [-0.2, 0) is 14.3 Å². The average molecular weight is 298 g/mol. The van der Waals surface area contributed by atoms with E-state index in [1.807, 2.05) is 13.8 Å². The van der Waals surface area contributed by atoms with Gasteiger partial charge < -0.3 is 20.1 Å². The van der Waals surface area contributed by atoms with Gasteiger partial charge in [-0.05, 0) is 31.1 Å². The number of carbonyl (C=O) groups excluding carboxylic acids is 2. The normalized spacial score (nSPS) is 28.6. The molecule has 1 heterocycles. The summed E-state index contributed by atoms with van der Waals surface area (Å²) in [5.74, 6) is -1.40. The Morgan fingerprint density at radius 1 is 1.29 bits per heavy atom. The number of fused-ring (bicyclic) bond motifs is 2. The number of nitrogens with zero attached hydrogens (tertiary/aromatic N) is 1. The Morgan fingerprint density at radius 3 is 2.48 bits per heavy atom. The van der Waals surface area contributed by atoms with Crippen molar-refractivity contribution in [2.75, 3.05) is 7.11 Å². The number of hydrogen-bond acceptors (Lipinski definition) is 4. The van der Waals surface area contributed by atoms with Crippen LogP contribution in [0.4, 0.5) is 4.79 Å². The Bertz CT molecular complexity index is 451. The van der Waals surface area contributed by atoms with E-state index in [0.717, 1.165) is 19.3 Å². The number of methoxy groups -OCH3 is 1. The van der Waals surface area contributed by atoms with E-state index in [4.69, 9.17) is 0 Å². The second kappa shape index (κ2) is 5.91. The summed E-state index contributed by atoms with van der Waals surface area (Å²) < 4.78 is 4.54. The summed E-state index contributed by atoms with van der Waals surface area (Å²) in [4.78, 5) is 37.1. The summed E-state index contributed by atoms with van der Waals surface area (Å²) in [7, 11) is 1.23. The molecule has 2 aliphatic rings. The van der Waals surface area contributed by atoms with E-state index in [-0.39, 0.29) is 23.8 Å². The maximum atomic E-state index is 12.7. The molecule has 2 rings (SSSR count). The van der Waals surface area contributed by atoms with Crippen LogP contribution >= 0.6 is 0 Å². The molecular weight excluding hydrogens is 276 g/mol. The molecule has 1 saturated carbocycles. The van der Waals surface area contributed by atoms with Gasteiger partial charge in [-0.25, -0.2) is 9.59 Å². The molecule has 1 aliphatic carbocycles. The fraction of sp³-hybridized carbons (Fsp3) is 0.786. The Hall–Kier alpha value is -1.79. The monoisotopic (exact) mass is 298 g/mol. The molecule has 2 fully saturated rings. The zero-order valence-corrected chi connectivity index (χ0v) is 12.5. The predicted octanol–water partition coefficient (Wildman–Crippen LogP) is 0.831. The standard InChI is InChI=1S/C14H22N2O5/c1-7(2)10(15-14(20)21-3)12(17)16-9-5-4-8(6-9)11(16)13(18)19/h7-11H,4-6H2,1-3H3,(H,15,20)(H,18,19)/t8-,9?,10-,11-/m0/s1. The zero-order chi connectivity index (χ0) is 15.7. The van der Waals surface area contributed by atoms with Gasteiger partial charge in [-0.3, -0.25) is 4.79 Å². The first-order valence-electron chi connectivity index (χ1n) is 7.26. The number of carboxylic acid groups (broad SMARTS) is 1. The molecule has 0 aromatic rings. The fourth-order valence-electron chi connectivity index (χ4n) is 3.48. The molecular formula is C14H22N2O5. The van der Waals surface area contributed by atoms with Crippen LogP contribution in [0.5, 0.6) is 0 Å². The Balaban J connectivity index is 2.19. The molecule has 21 heavy (non-hydrogen) atoms. The molecule has 2 amide bonds. The largest absolute Gasteiger partial charge is 0.480 e. The van der Waals surface area contributed by atoms with Gasteiger partial charge in [0.25, 0.3) is 0 Å². The van der Waals surface area contributed by atoms with Crippen LogP contribution in [0.2, 0.25) is 0 Å². The number of nitrogens with one attached hydrogen (secondary N) is 1. The summed E-state index contributed by atoms with van der Waals surface area (Å²) in [6.45, 7) is 3.62. The average Bonchev–Trinajstić information content (AvgIpc) is 3.03. The molecule has 0 spiro atoms. The van der Waals surface area contributed by atoms with Crippen LogP contribution in [0.1, 0.15) is 33.1 Å². The maximum absolute atomic E-state index is 12.7. The summed E-state index contributed by atoms with van der Waals surface area (Å²) in [6.07, 6.45) is 1.75. The van der Waals surface area contributed by atoms with Crippen LogP contribution in [0.15, 0.2) is 0 Å². The van der Waals surface area contributed by atoms with Crippen molar-refractivity contribution in [2.45, 2.75) is 51.2 Å². The molecule has 118 valence electrons. The Labute approximate surface area is 123 Å². The van der Waals surface area contributed by atoms with E-state index < -0.39 is 24.1 Å². The highest BCUT2D eigenvalue weighted by molar-refractivity contribution is 5.90. The van der Waals surface area contributed by atoms with Crippen molar-refractivity contribution in [1.82, 2.24) is 10.2 Å². The van der Waals surface area contributed by atoms with Gasteiger partial charge in [-0.1, -0.05) is 13.8 Å². The molecule has 4 atom stereocenters. The second-order valence-corrected chi connectivity index (χ2v) is 6.11. The number of likely N-dealkylation sites (tertiary alicyclic amines) is 1. The van der Waals surface area contributed by atoms with Crippen LogP contribution in [0.3, 0.4) is 0 Å². The summed E-state index contributed by atoms with van der Waals surface area (Å²) in [5.41, 5.74) is 0. The fourth-order valence-corrected chi connectivity index (χ4v) is 3.48. The van der Waals surface area contributed by atoms with E-state index in [0.29, 0.717) is 0 Å². The van der Waals surface area contributed by atoms with E-state index in [2.05, 4.69) is 10.1 Å². The molecule has 0 aromatic carbocycles. The third-order valence-corrected chi connectivity index (χ3v) is 4.48. The quantitative estimate of drug-likeness (QED) is 0.801. The minimum Gasteiger partial charge on any atom is -0.480 e. The first kappa shape index (κ1) is 15.6. The number of ether oxygens (including phenoxy) is 1. The van der Waals surface area contributed by atoms with Crippen LogP contribution in [0, 0.1) is 11.8 Å². The minimum atomic E-state index is -0.962. The predicted molar refractivity (Wildman–Crippen MR) is 73.6 cm³/mol. The van der Waals surface area contributed by atoms with Crippen molar-refractivity contribution >= 4 is 18.0 Å². The number of rotatable bonds is 4. The van der Waals surface area contributed by atoms with Gasteiger partial charge in [0.1, 0.15) is 12.1 Å². The lowest BCUT2D eigenvalue weighted by Crippen LogP contribution is -2.57. The van der Waals surface area contributed by atoms with Crippen molar-refractivity contribution in [2.24, 2.45) is 11.8 Å². The van der Waals surface area contributed by atoms with Crippen LogP contribution in [-0.4, -0.2) is 53.2 Å². The second-order valence-electron chi connectivity index (χ2n) is 6.11. The first-order chi connectivity index (χ1) is 9.86. The third kappa shape index (κ3) is 2.82. The number of carboxylic acids is 1. The van der Waals surface area contributed by atoms with Gasteiger partial charge >= 0.3 is 12.1 Å². The molecule has 2 N–H and O–H groups in total. The van der Waals surface area contributed by atoms with Crippen LogP contribution in [0.25, 0.3) is 0 Å². The number of amides is 2. The van der Waals surface area contributed by atoms with Gasteiger partial charge in [0.05, 0.1) is 7.11 Å². The lowest BCUT2D eigenvalue weighted by molar-refractivity contribution is -0.153. The molecule has 0 aromatic heterocycles. The number of hydrogen-bond donors (Lipinski definition) is 2. The number of piperidine rings is 1. The van der Waals surface area contributed by atoms with E-state index in [1.54, 1.807) is 0 Å². The zero-order valence-electron chi connectivity index (χ0n) is 12.5. The van der Waals surface area contributed by atoms with Gasteiger partial charge in [0.15, 0.2) is 0 Å². The molecule has 1 aliphatic heterocycles. The molecule has 1 unspecified atom stereocenters. The summed E-state index contributed by atoms with van der Waals surface area (Å²) in [6, 6.07) is -1.56. The van der Waals surface area contributed by atoms with Gasteiger partial charge in [-0.2, -0.15) is 0 Å². The Kier molecular flexibility index (Phi) is 4.39. The highest BCUT2D eigenvalue weighted by atomic mass is 16.5. The third-order valence-electron chi connectivity index (χ3n) is 4.48. The van der Waals surface area contributed by atoms with E-state index >= 15 is 0 Å². The maximum Gasteiger partial charge on any atom is 0.407 e. The smallest absolute Gasteiger partial charge is 0.407 e. The SMILES string of the molecule is COC(=O)N[C@H](C(=O)N1C2CC[C@@H](C2)[C@H]1C(=O)O)C(C)C. The van der Waals surface area contributed by atoms with Crippen molar-refractivity contribution in [3.63, 3.8) is 0 Å². The summed E-state index contributed by atoms with van der Waals surface area (Å²) in [5, 5.41) is 11.9. The first-order valence-corrected chi connectivity index (χ1v) is 7.26. The van der Waals surface area contributed by atoms with Crippen molar-refractivity contribution in [1.29, 1.82) is 0 Å². The number of aliphatic carboxylic acids is 1. The molecule has 0 radical (unpaired) electrons. The summed E-state index contributed by atoms with van der Waals surface area (Å²) >= 11 is 0. The van der Waals surface area contributed by atoms with Gasteiger partial charge in [0, 0.05) is 6.04 Å². The molecule has 1 saturated heterocycles. The lowest BCUT2D eigenvalue weighted by atomic mass is 9.96. The highest BCUT2D eigenvalue weighted by Crippen LogP contribution is 2.43. The van der Waals surface area contributed by atoms with E-state index in [9.17, 15) is 19.5 Å². The molecule has 2 bridgehead atoms.